The van der Waals surface area contributed by atoms with Gasteiger partial charge in [0.05, 0.1) is 35.3 Å². The van der Waals surface area contributed by atoms with Crippen LogP contribution in [0.4, 0.5) is 0 Å². The van der Waals surface area contributed by atoms with Crippen LogP contribution in [0.1, 0.15) is 17.0 Å². The maximum atomic E-state index is 9.60. The second kappa shape index (κ2) is 6.99. The highest BCUT2D eigenvalue weighted by Crippen LogP contribution is 2.34. The summed E-state index contributed by atoms with van der Waals surface area (Å²) in [6, 6.07) is 11.8. The van der Waals surface area contributed by atoms with Gasteiger partial charge in [0, 0.05) is 11.6 Å². The van der Waals surface area contributed by atoms with Crippen LogP contribution in [-0.2, 0) is 0 Å². The number of imidazole rings is 1. The Morgan fingerprint density at radius 2 is 1.96 bits per heavy atom. The van der Waals surface area contributed by atoms with E-state index in [4.69, 9.17) is 9.47 Å². The Labute approximate surface area is 154 Å². The molecule has 3 rings (SSSR count). The molecule has 25 heavy (non-hydrogen) atoms. The predicted molar refractivity (Wildman–Crippen MR) is 102 cm³/mol. The maximum absolute atomic E-state index is 9.60. The van der Waals surface area contributed by atoms with E-state index in [0.29, 0.717) is 22.9 Å². The highest BCUT2D eigenvalue weighted by atomic mass is 79.9. The summed E-state index contributed by atoms with van der Waals surface area (Å²) in [6.45, 7) is 2.01. The molecule has 3 aromatic rings. The number of rotatable bonds is 4. The van der Waals surface area contributed by atoms with Crippen LogP contribution in [0.2, 0.25) is 0 Å². The lowest BCUT2D eigenvalue weighted by atomic mass is 10.1. The molecule has 0 unspecified atom stereocenters. The molecule has 1 N–H and O–H groups in total. The Balaban J connectivity index is 2.11. The van der Waals surface area contributed by atoms with Gasteiger partial charge in [0.25, 0.3) is 0 Å². The molecule has 0 bridgehead atoms. The number of halogens is 1. The summed E-state index contributed by atoms with van der Waals surface area (Å²) in [5.41, 5.74) is 4.03. The van der Waals surface area contributed by atoms with Crippen molar-refractivity contribution in [3.05, 3.63) is 51.8 Å². The van der Waals surface area contributed by atoms with Gasteiger partial charge in [-0.1, -0.05) is 6.07 Å². The Morgan fingerprint density at radius 3 is 2.64 bits per heavy atom. The molecule has 0 radical (unpaired) electrons. The molecule has 0 aliphatic heterocycles. The highest BCUT2D eigenvalue weighted by molar-refractivity contribution is 9.10. The van der Waals surface area contributed by atoms with Crippen LogP contribution in [-0.4, -0.2) is 24.2 Å². The number of fused-ring (bicyclic) bond motifs is 1. The van der Waals surface area contributed by atoms with E-state index in [0.717, 1.165) is 26.6 Å². The van der Waals surface area contributed by atoms with Crippen LogP contribution in [0.15, 0.2) is 34.8 Å². The minimum atomic E-state index is 0.421. The van der Waals surface area contributed by atoms with Crippen molar-refractivity contribution in [1.29, 1.82) is 5.26 Å². The molecule has 1 heterocycles. The number of nitriles is 1. The topological polar surface area (TPSA) is 70.9 Å². The van der Waals surface area contributed by atoms with Gasteiger partial charge in [-0.2, -0.15) is 5.26 Å². The first kappa shape index (κ1) is 17.1. The second-order valence-corrected chi connectivity index (χ2v) is 6.36. The lowest BCUT2D eigenvalue weighted by Gasteiger charge is -2.10. The minimum absolute atomic E-state index is 0.421. The van der Waals surface area contributed by atoms with E-state index >= 15 is 0 Å². The van der Waals surface area contributed by atoms with Crippen LogP contribution >= 0.6 is 15.9 Å². The van der Waals surface area contributed by atoms with Gasteiger partial charge in [-0.25, -0.2) is 4.98 Å². The van der Waals surface area contributed by atoms with Crippen LogP contribution in [0, 0.1) is 18.3 Å². The van der Waals surface area contributed by atoms with E-state index in [9.17, 15) is 5.26 Å². The van der Waals surface area contributed by atoms with E-state index in [1.165, 1.54) is 0 Å². The van der Waals surface area contributed by atoms with Crippen molar-refractivity contribution in [2.75, 3.05) is 14.2 Å². The molecule has 6 heteroatoms. The summed E-state index contributed by atoms with van der Waals surface area (Å²) in [7, 11) is 3.17. The summed E-state index contributed by atoms with van der Waals surface area (Å²) < 4.78 is 11.5. The normalized spacial score (nSPS) is 11.4. The number of methoxy groups -OCH3 is 2. The zero-order chi connectivity index (χ0) is 18.0. The fourth-order valence-electron chi connectivity index (χ4n) is 2.56. The van der Waals surface area contributed by atoms with E-state index < -0.39 is 0 Å². The van der Waals surface area contributed by atoms with Gasteiger partial charge < -0.3 is 14.5 Å². The fraction of sp³-hybridized carbons (Fsp3) is 0.158. The second-order valence-electron chi connectivity index (χ2n) is 5.50. The Hall–Kier alpha value is -2.78. The number of hydrogen-bond donors (Lipinski definition) is 1. The van der Waals surface area contributed by atoms with Gasteiger partial charge in [-0.3, -0.25) is 0 Å². The number of aromatic nitrogens is 2. The van der Waals surface area contributed by atoms with E-state index in [-0.39, 0.29) is 0 Å². The van der Waals surface area contributed by atoms with Gasteiger partial charge in [0.15, 0.2) is 0 Å². The molecule has 0 aliphatic carbocycles. The molecule has 0 spiro atoms. The van der Waals surface area contributed by atoms with Gasteiger partial charge in [-0.05, 0) is 52.7 Å². The number of aryl methyl sites for hydroxylation is 1. The highest BCUT2D eigenvalue weighted by Gasteiger charge is 2.12. The van der Waals surface area contributed by atoms with Crippen molar-refractivity contribution >= 4 is 38.6 Å². The predicted octanol–water partition coefficient (Wildman–Crippen LogP) is 4.72. The minimum Gasteiger partial charge on any atom is -0.496 e. The van der Waals surface area contributed by atoms with Crippen LogP contribution in [0.3, 0.4) is 0 Å². The van der Waals surface area contributed by atoms with E-state index in [1.807, 2.05) is 31.2 Å². The number of benzene rings is 2. The monoisotopic (exact) mass is 397 g/mol. The Kier molecular flexibility index (Phi) is 4.77. The van der Waals surface area contributed by atoms with Crippen LogP contribution in [0.25, 0.3) is 22.7 Å². The third kappa shape index (κ3) is 3.37. The average Bonchev–Trinajstić information content (AvgIpc) is 3.02. The molecule has 0 atom stereocenters. The Bertz CT molecular complexity index is 1020. The number of allylic oxidation sites excluding steroid dienone is 1. The summed E-state index contributed by atoms with van der Waals surface area (Å²) in [5.74, 6) is 1.79. The largest absolute Gasteiger partial charge is 0.496 e. The van der Waals surface area contributed by atoms with Crippen molar-refractivity contribution in [3.63, 3.8) is 0 Å². The molecule has 0 amide bonds. The third-order valence-corrected chi connectivity index (χ3v) is 4.44. The lowest BCUT2D eigenvalue weighted by molar-refractivity contribution is 0.392. The SMILES string of the molecule is COc1cc(OC)c(/C=C(/C#N)c2nc3ccc(C)cc3[nH]2)cc1Br. The number of H-pyrrole nitrogens is 1. The number of aromatic amines is 1. The first-order valence-corrected chi connectivity index (χ1v) is 8.35. The van der Waals surface area contributed by atoms with Crippen molar-refractivity contribution < 1.29 is 9.47 Å². The zero-order valence-corrected chi connectivity index (χ0v) is 15.6. The molecular formula is C19H16BrN3O2. The fourth-order valence-corrected chi connectivity index (χ4v) is 3.08. The van der Waals surface area contributed by atoms with Gasteiger partial charge in [0.1, 0.15) is 23.4 Å². The van der Waals surface area contributed by atoms with E-state index in [2.05, 4.69) is 32.0 Å². The molecule has 1 aromatic heterocycles. The number of nitrogens with zero attached hydrogens (tertiary/aromatic N) is 2. The summed E-state index contributed by atoms with van der Waals surface area (Å²) in [5, 5.41) is 9.60. The quantitative estimate of drug-likeness (QED) is 0.646. The molecule has 126 valence electrons. The summed E-state index contributed by atoms with van der Waals surface area (Å²) in [4.78, 5) is 7.71. The molecule has 2 aromatic carbocycles. The number of ether oxygens (including phenoxy) is 2. The molecule has 0 saturated carbocycles. The molecular weight excluding hydrogens is 382 g/mol. The Morgan fingerprint density at radius 1 is 1.20 bits per heavy atom. The molecule has 0 aliphatic rings. The number of nitrogens with one attached hydrogen (secondary N) is 1. The first-order valence-electron chi connectivity index (χ1n) is 7.55. The van der Waals surface area contributed by atoms with Gasteiger partial charge in [0.2, 0.25) is 0 Å². The van der Waals surface area contributed by atoms with Crippen molar-refractivity contribution in [1.82, 2.24) is 9.97 Å². The van der Waals surface area contributed by atoms with Crippen molar-refractivity contribution in [3.8, 4) is 17.6 Å². The van der Waals surface area contributed by atoms with E-state index in [1.54, 1.807) is 26.4 Å². The van der Waals surface area contributed by atoms with Gasteiger partial charge in [-0.15, -0.1) is 0 Å². The van der Waals surface area contributed by atoms with Crippen molar-refractivity contribution in [2.45, 2.75) is 6.92 Å². The van der Waals surface area contributed by atoms with Gasteiger partial charge >= 0.3 is 0 Å². The smallest absolute Gasteiger partial charge is 0.149 e. The van der Waals surface area contributed by atoms with Crippen LogP contribution in [0.5, 0.6) is 11.5 Å². The number of hydrogen-bond acceptors (Lipinski definition) is 4. The van der Waals surface area contributed by atoms with Crippen LogP contribution < -0.4 is 9.47 Å². The maximum Gasteiger partial charge on any atom is 0.149 e. The first-order chi connectivity index (χ1) is 12.0. The zero-order valence-electron chi connectivity index (χ0n) is 14.1. The third-order valence-electron chi connectivity index (χ3n) is 3.82. The molecule has 0 saturated heterocycles. The summed E-state index contributed by atoms with van der Waals surface area (Å²) >= 11 is 3.46. The molecule has 5 nitrogen and oxygen atoms in total. The average molecular weight is 398 g/mol. The lowest BCUT2D eigenvalue weighted by Crippen LogP contribution is -1.92. The molecule has 0 fully saturated rings. The van der Waals surface area contributed by atoms with Crippen molar-refractivity contribution in [2.24, 2.45) is 0 Å². The standard InChI is InChI=1S/C19H16BrN3O2/c1-11-4-5-15-16(6-11)23-19(22-15)13(10-21)7-12-8-14(20)18(25-3)9-17(12)24-2/h4-9H,1-3H3,(H,22,23)/b13-7-. The summed E-state index contributed by atoms with van der Waals surface area (Å²) in [6.07, 6.45) is 1.74.